The molecule has 1 saturated heterocycles. The van der Waals surface area contributed by atoms with Crippen molar-refractivity contribution in [2.24, 2.45) is 0 Å². The highest BCUT2D eigenvalue weighted by atomic mass is 32.2. The minimum atomic E-state index is -3.48. The molecule has 0 aliphatic carbocycles. The fourth-order valence-electron chi connectivity index (χ4n) is 3.28. The number of sulfonamides is 1. The molecule has 0 unspecified atom stereocenters. The van der Waals surface area contributed by atoms with Crippen LogP contribution in [0.3, 0.4) is 0 Å². The lowest BCUT2D eigenvalue weighted by Gasteiger charge is -2.17. The topological polar surface area (TPSA) is 88.3 Å². The zero-order valence-corrected chi connectivity index (χ0v) is 16.4. The second-order valence-corrected chi connectivity index (χ2v) is 8.73. The van der Waals surface area contributed by atoms with E-state index in [0.29, 0.717) is 36.0 Å². The predicted octanol–water partition coefficient (Wildman–Crippen LogP) is 3.44. The molecule has 2 aromatic heterocycles. The normalized spacial score (nSPS) is 15.0. The van der Waals surface area contributed by atoms with E-state index in [2.05, 4.69) is 15.5 Å². The summed E-state index contributed by atoms with van der Waals surface area (Å²) >= 11 is 0. The lowest BCUT2D eigenvalue weighted by molar-refractivity contribution is 0.477. The van der Waals surface area contributed by atoms with Gasteiger partial charge in [-0.05, 0) is 55.7 Å². The third-order valence-electron chi connectivity index (χ3n) is 4.86. The lowest BCUT2D eigenvalue weighted by Crippen LogP contribution is -2.28. The van der Waals surface area contributed by atoms with Crippen molar-refractivity contribution in [3.63, 3.8) is 0 Å². The highest BCUT2D eigenvalue weighted by molar-refractivity contribution is 7.89. The molecule has 0 amide bonds. The zero-order chi connectivity index (χ0) is 19.6. The summed E-state index contributed by atoms with van der Waals surface area (Å²) in [4.78, 5) is 0.341. The van der Waals surface area contributed by atoms with Gasteiger partial charge in [0.25, 0.3) is 0 Å². The van der Waals surface area contributed by atoms with Crippen LogP contribution in [0, 0.1) is 6.92 Å². The van der Waals surface area contributed by atoms with Gasteiger partial charge in [-0.15, -0.1) is 10.2 Å². The van der Waals surface area contributed by atoms with E-state index in [0.717, 1.165) is 29.7 Å². The van der Waals surface area contributed by atoms with Crippen LogP contribution in [-0.4, -0.2) is 36.0 Å². The number of anilines is 1. The number of benzene rings is 1. The quantitative estimate of drug-likeness (QED) is 0.684. The Morgan fingerprint density at radius 2 is 1.93 bits per heavy atom. The Kier molecular flexibility index (Phi) is 5.15. The van der Waals surface area contributed by atoms with Crippen molar-refractivity contribution in [1.29, 1.82) is 0 Å². The van der Waals surface area contributed by atoms with Gasteiger partial charge in [0, 0.05) is 18.7 Å². The molecule has 1 N–H and O–H groups in total. The van der Waals surface area contributed by atoms with Gasteiger partial charge >= 0.3 is 0 Å². The van der Waals surface area contributed by atoms with Gasteiger partial charge in [0.15, 0.2) is 0 Å². The molecule has 1 aliphatic rings. The van der Waals surface area contributed by atoms with Gasteiger partial charge in [-0.1, -0.05) is 12.1 Å². The molecule has 3 heterocycles. The predicted molar refractivity (Wildman–Crippen MR) is 106 cm³/mol. The maximum atomic E-state index is 13.0. The largest absolute Gasteiger partial charge is 0.467 e. The summed E-state index contributed by atoms with van der Waals surface area (Å²) in [5.74, 6) is 1.43. The standard InChI is InChI=1S/C20H22N4O3S/c1-15-6-7-16(13-19(15)28(25,26)24-10-2-3-11-24)18-8-9-20(23-22-18)21-14-17-5-4-12-27-17/h4-9,12-13H,2-3,10-11,14H2,1H3,(H,21,23). The van der Waals surface area contributed by atoms with E-state index in [-0.39, 0.29) is 0 Å². The van der Waals surface area contributed by atoms with Crippen LogP contribution in [0.25, 0.3) is 11.3 Å². The first kappa shape index (κ1) is 18.6. The molecule has 8 heteroatoms. The summed E-state index contributed by atoms with van der Waals surface area (Å²) in [5, 5.41) is 11.6. The van der Waals surface area contributed by atoms with Crippen molar-refractivity contribution >= 4 is 15.8 Å². The number of nitrogens with zero attached hydrogens (tertiary/aromatic N) is 3. The third kappa shape index (κ3) is 3.79. The molecule has 1 aromatic carbocycles. The molecular weight excluding hydrogens is 376 g/mol. The molecular formula is C20H22N4O3S. The Bertz CT molecular complexity index is 1040. The van der Waals surface area contributed by atoms with E-state index < -0.39 is 10.0 Å². The van der Waals surface area contributed by atoms with Crippen molar-refractivity contribution in [1.82, 2.24) is 14.5 Å². The second kappa shape index (κ2) is 7.73. The van der Waals surface area contributed by atoms with Crippen molar-refractivity contribution < 1.29 is 12.8 Å². The van der Waals surface area contributed by atoms with Crippen LogP contribution in [0.2, 0.25) is 0 Å². The highest BCUT2D eigenvalue weighted by Gasteiger charge is 2.28. The van der Waals surface area contributed by atoms with E-state index >= 15 is 0 Å². The van der Waals surface area contributed by atoms with Crippen molar-refractivity contribution in [3.05, 3.63) is 60.1 Å². The van der Waals surface area contributed by atoms with E-state index in [1.54, 1.807) is 16.6 Å². The molecule has 1 aliphatic heterocycles. The van der Waals surface area contributed by atoms with Crippen LogP contribution in [0.5, 0.6) is 0 Å². The Balaban J connectivity index is 1.56. The molecule has 7 nitrogen and oxygen atoms in total. The third-order valence-corrected chi connectivity index (χ3v) is 6.90. The van der Waals surface area contributed by atoms with E-state index in [1.165, 1.54) is 0 Å². The maximum Gasteiger partial charge on any atom is 0.243 e. The molecule has 4 rings (SSSR count). The van der Waals surface area contributed by atoms with Crippen molar-refractivity contribution in [3.8, 4) is 11.3 Å². The number of hydrogen-bond donors (Lipinski definition) is 1. The van der Waals surface area contributed by atoms with Crippen LogP contribution < -0.4 is 5.32 Å². The SMILES string of the molecule is Cc1ccc(-c2ccc(NCc3ccco3)nn2)cc1S(=O)(=O)N1CCCC1. The van der Waals surface area contributed by atoms with Gasteiger partial charge in [0.1, 0.15) is 11.6 Å². The molecule has 146 valence electrons. The maximum absolute atomic E-state index is 13.0. The molecule has 0 atom stereocenters. The van der Waals surface area contributed by atoms with E-state index in [1.807, 2.05) is 43.3 Å². The van der Waals surface area contributed by atoms with Gasteiger partial charge in [-0.25, -0.2) is 8.42 Å². The van der Waals surface area contributed by atoms with E-state index in [4.69, 9.17) is 4.42 Å². The summed E-state index contributed by atoms with van der Waals surface area (Å²) in [5.41, 5.74) is 2.09. The molecule has 0 radical (unpaired) electrons. The molecule has 28 heavy (non-hydrogen) atoms. The van der Waals surface area contributed by atoms with Crippen LogP contribution in [0.1, 0.15) is 24.2 Å². The van der Waals surface area contributed by atoms with Crippen LogP contribution in [-0.2, 0) is 16.6 Å². The zero-order valence-electron chi connectivity index (χ0n) is 15.6. The summed E-state index contributed by atoms with van der Waals surface area (Å²) in [6, 6.07) is 12.7. The number of hydrogen-bond acceptors (Lipinski definition) is 6. The van der Waals surface area contributed by atoms with Gasteiger partial charge < -0.3 is 9.73 Å². The number of aryl methyl sites for hydroxylation is 1. The van der Waals surface area contributed by atoms with Crippen molar-refractivity contribution in [2.45, 2.75) is 31.2 Å². The first-order valence-corrected chi connectivity index (χ1v) is 10.7. The summed E-state index contributed by atoms with van der Waals surface area (Å²) < 4.78 is 32.8. The number of furan rings is 1. The molecule has 1 fully saturated rings. The van der Waals surface area contributed by atoms with Gasteiger partial charge in [0.05, 0.1) is 23.4 Å². The fourth-order valence-corrected chi connectivity index (χ4v) is 5.04. The minimum absolute atomic E-state index is 0.341. The van der Waals surface area contributed by atoms with E-state index in [9.17, 15) is 8.42 Å². The smallest absolute Gasteiger partial charge is 0.243 e. The minimum Gasteiger partial charge on any atom is -0.467 e. The second-order valence-electron chi connectivity index (χ2n) is 6.83. The average molecular weight is 398 g/mol. The summed E-state index contributed by atoms with van der Waals surface area (Å²) in [7, 11) is -3.48. The molecule has 0 spiro atoms. The van der Waals surface area contributed by atoms with Gasteiger partial charge in [0.2, 0.25) is 10.0 Å². The Labute approximate surface area is 164 Å². The Morgan fingerprint density at radius 1 is 1.11 bits per heavy atom. The monoisotopic (exact) mass is 398 g/mol. The summed E-state index contributed by atoms with van der Waals surface area (Å²) in [6.07, 6.45) is 3.45. The van der Waals surface area contributed by atoms with Crippen LogP contribution in [0.4, 0.5) is 5.82 Å². The van der Waals surface area contributed by atoms with Crippen molar-refractivity contribution in [2.75, 3.05) is 18.4 Å². The lowest BCUT2D eigenvalue weighted by atomic mass is 10.1. The van der Waals surface area contributed by atoms with Crippen LogP contribution >= 0.6 is 0 Å². The first-order chi connectivity index (χ1) is 13.5. The number of rotatable bonds is 6. The fraction of sp³-hybridized carbons (Fsp3) is 0.300. The van der Waals surface area contributed by atoms with Gasteiger partial charge in [-0.2, -0.15) is 4.31 Å². The Morgan fingerprint density at radius 3 is 2.61 bits per heavy atom. The molecule has 0 saturated carbocycles. The number of aromatic nitrogens is 2. The number of nitrogens with one attached hydrogen (secondary N) is 1. The van der Waals surface area contributed by atoms with Crippen LogP contribution in [0.15, 0.2) is 58.0 Å². The molecule has 0 bridgehead atoms. The highest BCUT2D eigenvalue weighted by Crippen LogP contribution is 2.28. The van der Waals surface area contributed by atoms with Gasteiger partial charge in [-0.3, -0.25) is 0 Å². The average Bonchev–Trinajstić information content (AvgIpc) is 3.41. The Hall–Kier alpha value is -2.71. The first-order valence-electron chi connectivity index (χ1n) is 9.25. The molecule has 3 aromatic rings. The summed E-state index contributed by atoms with van der Waals surface area (Å²) in [6.45, 7) is 3.51.